The molecular formula is C28H42BClN2O2S-. The predicted molar refractivity (Wildman–Crippen MR) is 154 cm³/mol. The van der Waals surface area contributed by atoms with Crippen molar-refractivity contribution in [1.29, 1.82) is 0 Å². The number of benzene rings is 1. The van der Waals surface area contributed by atoms with Crippen LogP contribution in [0.3, 0.4) is 0 Å². The van der Waals surface area contributed by atoms with Gasteiger partial charge < -0.3 is 20.1 Å². The largest absolute Gasteiger partial charge is 0.661 e. The quantitative estimate of drug-likeness (QED) is 0.254. The number of nitrogens with zero attached hydrogens (tertiary/aromatic N) is 2. The molecule has 0 spiro atoms. The van der Waals surface area contributed by atoms with Crippen LogP contribution in [0.1, 0.15) is 66.2 Å². The summed E-state index contributed by atoms with van der Waals surface area (Å²) in [4.78, 5) is 3.43. The van der Waals surface area contributed by atoms with Crippen molar-refractivity contribution < 1.29 is 9.84 Å². The van der Waals surface area contributed by atoms with E-state index in [0.717, 1.165) is 22.0 Å². The molecule has 0 amide bonds. The van der Waals surface area contributed by atoms with Gasteiger partial charge in [0.15, 0.2) is 7.28 Å². The minimum atomic E-state index is -0.948. The average Bonchev–Trinajstić information content (AvgIpc) is 2.82. The summed E-state index contributed by atoms with van der Waals surface area (Å²) in [6.07, 6.45) is 9.24. The number of hydrogen-bond acceptors (Lipinski definition) is 4. The van der Waals surface area contributed by atoms with Crippen molar-refractivity contribution in [2.45, 2.75) is 89.5 Å². The smallest absolute Gasteiger partial charge is 0.187 e. The first kappa shape index (κ1) is 28.7. The van der Waals surface area contributed by atoms with Gasteiger partial charge in [0.25, 0.3) is 0 Å². The Balaban J connectivity index is 1.75. The van der Waals surface area contributed by atoms with Crippen LogP contribution in [0.5, 0.6) is 0 Å². The highest BCUT2D eigenvalue weighted by Crippen LogP contribution is 2.37. The third kappa shape index (κ3) is 7.55. The number of halogens is 1. The van der Waals surface area contributed by atoms with Crippen molar-refractivity contribution in [3.63, 3.8) is 0 Å². The lowest BCUT2D eigenvalue weighted by Crippen LogP contribution is -2.48. The summed E-state index contributed by atoms with van der Waals surface area (Å²) in [5.74, 6) is 0.641. The maximum atomic E-state index is 10.4. The molecule has 0 heterocycles. The zero-order valence-corrected chi connectivity index (χ0v) is 23.7. The molecule has 0 saturated heterocycles. The average molecular weight is 517 g/mol. The molecule has 1 fully saturated rings. The molecule has 7 heteroatoms. The fourth-order valence-electron chi connectivity index (χ4n) is 4.88. The van der Waals surface area contributed by atoms with E-state index >= 15 is 0 Å². The summed E-state index contributed by atoms with van der Waals surface area (Å²) in [7, 11) is 3.96. The fraction of sp³-hybridized carbons (Fsp3) is 0.643. The van der Waals surface area contributed by atoms with E-state index in [1.54, 1.807) is 13.8 Å². The molecule has 3 rings (SSSR count). The molecule has 0 aromatic heterocycles. The molecule has 4 nitrogen and oxygen atoms in total. The molecule has 2 aliphatic rings. The molecule has 1 radical (unpaired) electrons. The van der Waals surface area contributed by atoms with Gasteiger partial charge in [0.2, 0.25) is 0 Å². The SMILES string of the molecule is C[N-][C@@H](CN(c1ccccc1)C1CC(Cl)=C([B]COC(C)(C)C(C)(C)O)C=C1S)C1CCCCC1. The molecule has 0 bridgehead atoms. The normalized spacial score (nSPS) is 21.0. The van der Waals surface area contributed by atoms with E-state index in [1.807, 2.05) is 28.2 Å². The minimum Gasteiger partial charge on any atom is -0.661 e. The number of hydrogen-bond donors (Lipinski definition) is 2. The van der Waals surface area contributed by atoms with Crippen LogP contribution in [0.4, 0.5) is 5.69 Å². The highest BCUT2D eigenvalue weighted by atomic mass is 35.5. The van der Waals surface area contributed by atoms with Gasteiger partial charge in [-0.25, -0.2) is 0 Å². The van der Waals surface area contributed by atoms with E-state index in [1.165, 1.54) is 37.8 Å². The third-order valence-electron chi connectivity index (χ3n) is 7.92. The Kier molecular flexibility index (Phi) is 10.3. The summed E-state index contributed by atoms with van der Waals surface area (Å²) < 4.78 is 5.98. The van der Waals surface area contributed by atoms with Crippen LogP contribution < -0.4 is 4.90 Å². The van der Waals surface area contributed by atoms with E-state index < -0.39 is 11.2 Å². The zero-order chi connectivity index (χ0) is 25.6. The number of rotatable bonds is 11. The Morgan fingerprint density at radius 2 is 1.83 bits per heavy atom. The summed E-state index contributed by atoms with van der Waals surface area (Å²) in [5, 5.41) is 16.0. The van der Waals surface area contributed by atoms with Crippen molar-refractivity contribution in [3.05, 3.63) is 57.1 Å². The van der Waals surface area contributed by atoms with Crippen LogP contribution in [0, 0.1) is 5.92 Å². The van der Waals surface area contributed by atoms with E-state index in [0.29, 0.717) is 24.9 Å². The minimum absolute atomic E-state index is 0.0620. The Bertz CT molecular complexity index is 879. The van der Waals surface area contributed by atoms with E-state index in [4.69, 9.17) is 34.3 Å². The molecule has 1 saturated carbocycles. The molecule has 1 N–H and O–H groups in total. The number of anilines is 1. The second kappa shape index (κ2) is 12.6. The molecular weight excluding hydrogens is 475 g/mol. The number of likely N-dealkylation sites (N-methyl/N-ethyl adjacent to an activating group) is 1. The van der Waals surface area contributed by atoms with Gasteiger partial charge in [-0.3, -0.25) is 0 Å². The second-order valence-electron chi connectivity index (χ2n) is 10.9. The summed E-state index contributed by atoms with van der Waals surface area (Å²) in [6, 6.07) is 10.9. The second-order valence-corrected chi connectivity index (χ2v) is 11.9. The van der Waals surface area contributed by atoms with E-state index in [2.05, 4.69) is 41.3 Å². The van der Waals surface area contributed by atoms with Gasteiger partial charge in [-0.2, -0.15) is 7.05 Å². The maximum Gasteiger partial charge on any atom is 0.187 e. The molecule has 193 valence electrons. The Morgan fingerprint density at radius 3 is 2.43 bits per heavy atom. The van der Waals surface area contributed by atoms with Crippen LogP contribution in [0.15, 0.2) is 51.8 Å². The molecule has 0 aliphatic heterocycles. The number of thiol groups is 1. The predicted octanol–water partition coefficient (Wildman–Crippen LogP) is 6.71. The summed E-state index contributed by atoms with van der Waals surface area (Å²) in [5.41, 5.74) is 0.491. The molecule has 2 aliphatic carbocycles. The molecule has 1 aromatic rings. The van der Waals surface area contributed by atoms with Crippen LogP contribution >= 0.6 is 24.2 Å². The lowest BCUT2D eigenvalue weighted by Gasteiger charge is -2.45. The highest BCUT2D eigenvalue weighted by Gasteiger charge is 2.36. The monoisotopic (exact) mass is 516 g/mol. The Labute approximate surface area is 224 Å². The zero-order valence-electron chi connectivity index (χ0n) is 22.0. The van der Waals surface area contributed by atoms with Gasteiger partial charge >= 0.3 is 0 Å². The first-order valence-corrected chi connectivity index (χ1v) is 13.8. The number of ether oxygens (including phenoxy) is 1. The first-order valence-electron chi connectivity index (χ1n) is 12.9. The number of aliphatic hydroxyl groups is 1. The van der Waals surface area contributed by atoms with Crippen LogP contribution in [-0.2, 0) is 4.74 Å². The van der Waals surface area contributed by atoms with Gasteiger partial charge in [0.1, 0.15) is 0 Å². The van der Waals surface area contributed by atoms with Gasteiger partial charge in [-0.1, -0.05) is 79.4 Å². The van der Waals surface area contributed by atoms with Crippen molar-refractivity contribution in [3.8, 4) is 0 Å². The lowest BCUT2D eigenvalue weighted by atomic mass is 9.68. The van der Waals surface area contributed by atoms with Crippen LogP contribution in [-0.4, -0.2) is 55.8 Å². The molecule has 1 unspecified atom stereocenters. The van der Waals surface area contributed by atoms with Crippen molar-refractivity contribution in [1.82, 2.24) is 0 Å². The Morgan fingerprint density at radius 1 is 1.17 bits per heavy atom. The van der Waals surface area contributed by atoms with E-state index in [9.17, 15) is 5.11 Å². The number of allylic oxidation sites excluding steroid dienone is 2. The summed E-state index contributed by atoms with van der Waals surface area (Å²) in [6.45, 7) is 8.54. The van der Waals surface area contributed by atoms with Gasteiger partial charge in [0.05, 0.1) is 17.2 Å². The standard InChI is InChI=1S/C28H42BClN2O2S/c1-27(2,33)28(3,4)34-19-29-22-16-26(35)25(17-23(22)30)32(21-14-10-7-11-15-21)18-24(31-5)20-12-8-6-9-13-20/h7,10-11,14-16,20,24-25,33,35H,6,8-9,12-13,17-19H2,1-5H3/q-1/t24-,25?/m0/s1. The topological polar surface area (TPSA) is 46.8 Å². The Hall–Kier alpha value is -0.915. The molecule has 35 heavy (non-hydrogen) atoms. The van der Waals surface area contributed by atoms with Crippen LogP contribution in [0.25, 0.3) is 5.32 Å². The van der Waals surface area contributed by atoms with Crippen molar-refractivity contribution in [2.24, 2.45) is 5.92 Å². The maximum absolute atomic E-state index is 10.4. The van der Waals surface area contributed by atoms with Gasteiger partial charge in [-0.15, -0.1) is 18.7 Å². The first-order chi connectivity index (χ1) is 16.5. The van der Waals surface area contributed by atoms with E-state index in [-0.39, 0.29) is 6.04 Å². The third-order valence-corrected chi connectivity index (χ3v) is 8.72. The highest BCUT2D eigenvalue weighted by molar-refractivity contribution is 7.84. The molecule has 1 aromatic carbocycles. The lowest BCUT2D eigenvalue weighted by molar-refractivity contribution is -0.135. The fourth-order valence-corrected chi connectivity index (χ4v) is 5.52. The van der Waals surface area contributed by atoms with Crippen molar-refractivity contribution >= 4 is 37.2 Å². The van der Waals surface area contributed by atoms with Crippen LogP contribution in [0.2, 0.25) is 0 Å². The molecule has 2 atom stereocenters. The van der Waals surface area contributed by atoms with Gasteiger partial charge in [0, 0.05) is 35.1 Å². The summed E-state index contributed by atoms with van der Waals surface area (Å²) >= 11 is 11.8. The van der Waals surface area contributed by atoms with Crippen molar-refractivity contribution in [2.75, 3.05) is 25.0 Å². The number of para-hydroxylation sites is 1. The van der Waals surface area contributed by atoms with Gasteiger partial charge in [-0.05, 0) is 39.8 Å².